The molecule has 0 atom stereocenters. The van der Waals surface area contributed by atoms with Gasteiger partial charge < -0.3 is 25.1 Å². The maximum atomic E-state index is 11.4. The quantitative estimate of drug-likeness (QED) is 0.326. The normalized spacial score (nSPS) is 10.1. The third-order valence-corrected chi connectivity index (χ3v) is 2.38. The van der Waals surface area contributed by atoms with E-state index in [4.69, 9.17) is 4.84 Å². The molecule has 7 nitrogen and oxygen atoms in total. The van der Waals surface area contributed by atoms with Crippen LogP contribution in [-0.4, -0.2) is 41.1 Å². The summed E-state index contributed by atoms with van der Waals surface area (Å²) in [5.74, 6) is -1.20. The Bertz CT molecular complexity index is 402. The van der Waals surface area contributed by atoms with Gasteiger partial charge in [-0.05, 0) is 19.4 Å². The van der Waals surface area contributed by atoms with Gasteiger partial charge in [-0.25, -0.2) is 4.79 Å². The number of nitrogens with one attached hydrogen (secondary N) is 1. The maximum Gasteiger partial charge on any atom is 0.333 e. The maximum absolute atomic E-state index is 11.4. The Hall–Kier alpha value is -1.96. The van der Waals surface area contributed by atoms with Crippen molar-refractivity contribution in [3.05, 3.63) is 12.1 Å². The molecular formula is C11H16BN2O5. The number of nitrogens with zero attached hydrogens (tertiary/aromatic N) is 1. The number of carbonyl (C=O) groups excluding carboxylic acids is 2. The topological polar surface area (TPSA) is 101 Å². The summed E-state index contributed by atoms with van der Waals surface area (Å²) < 4.78 is 0.670. The van der Waals surface area contributed by atoms with Gasteiger partial charge in [-0.15, -0.1) is 4.73 Å². The SMILES string of the molecule is O=C[B]NCCCCCC(=O)On1c(O)ccc1O. The van der Waals surface area contributed by atoms with Crippen molar-refractivity contribution in [1.29, 1.82) is 0 Å². The fourth-order valence-corrected chi connectivity index (χ4v) is 1.45. The van der Waals surface area contributed by atoms with Crippen LogP contribution in [0.25, 0.3) is 0 Å². The molecule has 0 saturated heterocycles. The van der Waals surface area contributed by atoms with Crippen LogP contribution in [0.3, 0.4) is 0 Å². The van der Waals surface area contributed by atoms with Crippen LogP contribution in [-0.2, 0) is 9.59 Å². The zero-order chi connectivity index (χ0) is 14.1. The molecule has 0 bridgehead atoms. The van der Waals surface area contributed by atoms with E-state index in [-0.39, 0.29) is 18.2 Å². The van der Waals surface area contributed by atoms with E-state index in [9.17, 15) is 19.8 Å². The Morgan fingerprint density at radius 1 is 1.32 bits per heavy atom. The standard InChI is InChI=1S/C11H16BN2O5/c15-8-12-13-7-3-1-2-4-11(18)19-14-9(16)5-6-10(14)17/h5-6,8,13,16-17H,1-4,7H2. The Morgan fingerprint density at radius 2 is 2.00 bits per heavy atom. The van der Waals surface area contributed by atoms with Gasteiger partial charge in [0.15, 0.2) is 0 Å². The lowest BCUT2D eigenvalue weighted by Crippen LogP contribution is -2.21. The third-order valence-electron chi connectivity index (χ3n) is 2.38. The zero-order valence-corrected chi connectivity index (χ0v) is 10.4. The first-order valence-corrected chi connectivity index (χ1v) is 5.96. The molecule has 0 spiro atoms. The highest BCUT2D eigenvalue weighted by Crippen LogP contribution is 2.18. The van der Waals surface area contributed by atoms with Gasteiger partial charge in [0.2, 0.25) is 11.8 Å². The van der Waals surface area contributed by atoms with E-state index in [1.165, 1.54) is 19.5 Å². The van der Waals surface area contributed by atoms with Crippen molar-refractivity contribution < 1.29 is 24.6 Å². The molecule has 19 heavy (non-hydrogen) atoms. The smallest absolute Gasteiger partial charge is 0.333 e. The van der Waals surface area contributed by atoms with Gasteiger partial charge in [0.1, 0.15) is 0 Å². The van der Waals surface area contributed by atoms with Crippen molar-refractivity contribution in [3.8, 4) is 11.8 Å². The molecule has 103 valence electrons. The molecule has 1 aromatic heterocycles. The number of rotatable bonds is 9. The molecule has 0 unspecified atom stereocenters. The summed E-state index contributed by atoms with van der Waals surface area (Å²) in [5, 5.41) is 21.3. The largest absolute Gasteiger partial charge is 0.492 e. The van der Waals surface area contributed by atoms with Crippen molar-refractivity contribution in [2.75, 3.05) is 6.54 Å². The summed E-state index contributed by atoms with van der Waals surface area (Å²) in [5.41, 5.74) is 0. The molecule has 3 N–H and O–H groups in total. The van der Waals surface area contributed by atoms with E-state index in [1.54, 1.807) is 0 Å². The number of aromatic nitrogens is 1. The van der Waals surface area contributed by atoms with Gasteiger partial charge in [0, 0.05) is 18.6 Å². The first-order chi connectivity index (χ1) is 9.15. The lowest BCUT2D eigenvalue weighted by atomic mass is 9.99. The highest BCUT2D eigenvalue weighted by molar-refractivity contribution is 6.64. The van der Waals surface area contributed by atoms with Crippen molar-refractivity contribution in [3.63, 3.8) is 0 Å². The Morgan fingerprint density at radius 3 is 2.63 bits per heavy atom. The molecule has 0 saturated carbocycles. The summed E-state index contributed by atoms with van der Waals surface area (Å²) >= 11 is 0. The Kier molecular flexibility index (Phi) is 6.52. The van der Waals surface area contributed by atoms with Gasteiger partial charge in [0.25, 0.3) is 7.41 Å². The molecule has 0 aliphatic carbocycles. The summed E-state index contributed by atoms with van der Waals surface area (Å²) in [6.45, 7) is 0.674. The van der Waals surface area contributed by atoms with Gasteiger partial charge in [-0.3, -0.25) is 0 Å². The number of hydrogen-bond donors (Lipinski definition) is 3. The minimum absolute atomic E-state index is 0.189. The minimum atomic E-state index is -0.533. The second-order valence-electron chi connectivity index (χ2n) is 3.87. The van der Waals surface area contributed by atoms with E-state index >= 15 is 0 Å². The Labute approximate surface area is 111 Å². The number of carbonyl (C=O) groups is 2. The van der Waals surface area contributed by atoms with E-state index < -0.39 is 5.97 Å². The summed E-state index contributed by atoms with van der Waals surface area (Å²) in [6, 6.07) is 2.44. The van der Waals surface area contributed by atoms with E-state index in [2.05, 4.69) is 5.23 Å². The van der Waals surface area contributed by atoms with Gasteiger partial charge in [0.05, 0.1) is 6.19 Å². The average molecular weight is 267 g/mol. The number of aromatic hydroxyl groups is 2. The van der Waals surface area contributed by atoms with E-state index in [1.807, 2.05) is 0 Å². The van der Waals surface area contributed by atoms with Crippen molar-refractivity contribution in [2.45, 2.75) is 25.7 Å². The molecule has 0 aliphatic heterocycles. The molecule has 8 heteroatoms. The van der Waals surface area contributed by atoms with Gasteiger partial charge in [-0.2, -0.15) is 0 Å². The molecule has 1 aromatic rings. The van der Waals surface area contributed by atoms with Gasteiger partial charge >= 0.3 is 5.97 Å². The summed E-state index contributed by atoms with van der Waals surface area (Å²) in [7, 11) is 1.33. The van der Waals surface area contributed by atoms with Crippen LogP contribution in [0.1, 0.15) is 25.7 Å². The van der Waals surface area contributed by atoms with Crippen molar-refractivity contribution >= 4 is 19.6 Å². The lowest BCUT2D eigenvalue weighted by molar-refractivity contribution is -0.145. The molecule has 0 aliphatic rings. The highest BCUT2D eigenvalue weighted by atomic mass is 16.7. The van der Waals surface area contributed by atoms with Crippen LogP contribution in [0.5, 0.6) is 11.8 Å². The zero-order valence-electron chi connectivity index (χ0n) is 10.4. The first-order valence-electron chi connectivity index (χ1n) is 5.96. The van der Waals surface area contributed by atoms with Crippen LogP contribution in [0.2, 0.25) is 0 Å². The van der Waals surface area contributed by atoms with Crippen LogP contribution in [0.4, 0.5) is 0 Å². The van der Waals surface area contributed by atoms with Crippen molar-refractivity contribution in [1.82, 2.24) is 9.96 Å². The van der Waals surface area contributed by atoms with Crippen LogP contribution >= 0.6 is 0 Å². The molecule has 1 heterocycles. The molecule has 1 radical (unpaired) electrons. The summed E-state index contributed by atoms with van der Waals surface area (Å²) in [4.78, 5) is 26.2. The molecule has 1 rings (SSSR count). The second kappa shape index (κ2) is 8.20. The van der Waals surface area contributed by atoms with E-state index in [0.717, 1.165) is 12.8 Å². The molecule has 0 amide bonds. The monoisotopic (exact) mass is 267 g/mol. The predicted molar refractivity (Wildman–Crippen MR) is 68.3 cm³/mol. The number of unbranched alkanes of at least 4 members (excludes halogenated alkanes) is 2. The van der Waals surface area contributed by atoms with E-state index in [0.29, 0.717) is 23.9 Å². The van der Waals surface area contributed by atoms with Crippen LogP contribution in [0, 0.1) is 0 Å². The lowest BCUT2D eigenvalue weighted by Gasteiger charge is -2.06. The molecular weight excluding hydrogens is 251 g/mol. The third kappa shape index (κ3) is 5.47. The van der Waals surface area contributed by atoms with Gasteiger partial charge in [-0.1, -0.05) is 6.42 Å². The Balaban J connectivity index is 2.13. The predicted octanol–water partition coefficient (Wildman–Crippen LogP) is -0.186. The highest BCUT2D eigenvalue weighted by Gasteiger charge is 2.11. The second-order valence-corrected chi connectivity index (χ2v) is 3.87. The number of hydrogen-bond acceptors (Lipinski definition) is 6. The fourth-order valence-electron chi connectivity index (χ4n) is 1.45. The van der Waals surface area contributed by atoms with Crippen molar-refractivity contribution in [2.24, 2.45) is 0 Å². The fraction of sp³-hybridized carbons (Fsp3) is 0.455. The molecule has 0 aromatic carbocycles. The minimum Gasteiger partial charge on any atom is -0.492 e. The van der Waals surface area contributed by atoms with Crippen LogP contribution in [0.15, 0.2) is 12.1 Å². The first kappa shape index (κ1) is 15.1. The average Bonchev–Trinajstić information content (AvgIpc) is 2.69. The summed E-state index contributed by atoms with van der Waals surface area (Å²) in [6.07, 6.45) is 3.13. The molecule has 0 fully saturated rings. The van der Waals surface area contributed by atoms with Crippen LogP contribution < -0.4 is 10.1 Å².